The molecule has 32 heavy (non-hydrogen) atoms. The van der Waals surface area contributed by atoms with Crippen LogP contribution in [-0.2, 0) is 12.8 Å². The molecular weight excluding hydrogens is 405 g/mol. The van der Waals surface area contributed by atoms with Gasteiger partial charge in [-0.3, -0.25) is 4.98 Å². The fourth-order valence-corrected chi connectivity index (χ4v) is 5.06. The number of H-pyrrole nitrogens is 1. The molecule has 0 amide bonds. The lowest BCUT2D eigenvalue weighted by Gasteiger charge is -2.29. The number of nitrogens with one attached hydrogen (secondary N) is 2. The average Bonchev–Trinajstić information content (AvgIpc) is 3.16. The van der Waals surface area contributed by atoms with Crippen LogP contribution in [0.15, 0.2) is 42.5 Å². The van der Waals surface area contributed by atoms with Crippen LogP contribution in [0.2, 0.25) is 0 Å². The first-order chi connectivity index (χ1) is 15.6. The second kappa shape index (κ2) is 7.78. The Labute approximate surface area is 185 Å². The molecule has 0 fully saturated rings. The van der Waals surface area contributed by atoms with Crippen molar-refractivity contribution in [2.24, 2.45) is 5.92 Å². The van der Waals surface area contributed by atoms with E-state index >= 15 is 0 Å². The molecule has 0 spiro atoms. The van der Waals surface area contributed by atoms with Gasteiger partial charge in [0.25, 0.3) is 0 Å². The predicted octanol–water partition coefficient (Wildman–Crippen LogP) is 4.70. The summed E-state index contributed by atoms with van der Waals surface area (Å²) in [6.07, 6.45) is 3.05. The highest BCUT2D eigenvalue weighted by Crippen LogP contribution is 2.38. The number of hydrogen-bond donors (Lipinski definition) is 2. The zero-order chi connectivity index (χ0) is 21.7. The van der Waals surface area contributed by atoms with E-state index in [1.54, 1.807) is 6.07 Å². The molecule has 2 aliphatic rings. The maximum absolute atomic E-state index is 13.8. The normalized spacial score (nSPS) is 19.9. The number of aryl methyl sites for hydroxylation is 2. The number of nitrogens with zero attached hydrogens (tertiary/aromatic N) is 1. The first kappa shape index (κ1) is 19.6. The highest BCUT2D eigenvalue weighted by atomic mass is 19.1. The maximum Gasteiger partial charge on any atom is 0.171 e. The van der Waals surface area contributed by atoms with Crippen molar-refractivity contribution in [2.45, 2.75) is 32.3 Å². The minimum Gasteiger partial charge on any atom is -0.486 e. The molecule has 0 bridgehead atoms. The van der Waals surface area contributed by atoms with Gasteiger partial charge in [-0.05, 0) is 86.7 Å². The van der Waals surface area contributed by atoms with Gasteiger partial charge in [0.2, 0.25) is 0 Å². The molecule has 4 aromatic rings. The summed E-state index contributed by atoms with van der Waals surface area (Å²) in [6.45, 7) is 4.15. The molecule has 0 radical (unpaired) electrons. The summed E-state index contributed by atoms with van der Waals surface area (Å²) >= 11 is 0. The number of benzene rings is 2. The van der Waals surface area contributed by atoms with E-state index in [1.807, 2.05) is 31.2 Å². The fourth-order valence-electron chi connectivity index (χ4n) is 5.06. The van der Waals surface area contributed by atoms with Gasteiger partial charge in [0.1, 0.15) is 18.5 Å². The van der Waals surface area contributed by atoms with E-state index in [9.17, 15) is 4.39 Å². The summed E-state index contributed by atoms with van der Waals surface area (Å²) < 4.78 is 26.1. The largest absolute Gasteiger partial charge is 0.486 e. The van der Waals surface area contributed by atoms with E-state index in [-0.39, 0.29) is 11.9 Å². The Morgan fingerprint density at radius 3 is 3.00 bits per heavy atom. The van der Waals surface area contributed by atoms with Crippen LogP contribution in [0.1, 0.15) is 23.4 Å². The summed E-state index contributed by atoms with van der Waals surface area (Å²) in [6, 6.07) is 13.0. The second-order valence-corrected chi connectivity index (χ2v) is 9.00. The number of pyridine rings is 1. The Morgan fingerprint density at radius 1 is 1.12 bits per heavy atom. The number of hydrogen-bond acceptors (Lipinski definition) is 4. The van der Waals surface area contributed by atoms with Gasteiger partial charge in [0.15, 0.2) is 11.5 Å². The molecule has 1 aliphatic carbocycles. The van der Waals surface area contributed by atoms with Gasteiger partial charge >= 0.3 is 0 Å². The molecule has 164 valence electrons. The van der Waals surface area contributed by atoms with Gasteiger partial charge in [-0.15, -0.1) is 0 Å². The highest BCUT2D eigenvalue weighted by molar-refractivity contribution is 5.88. The van der Waals surface area contributed by atoms with Gasteiger partial charge in [-0.1, -0.05) is 0 Å². The molecule has 6 rings (SSSR count). The van der Waals surface area contributed by atoms with Gasteiger partial charge in [-0.25, -0.2) is 4.39 Å². The summed E-state index contributed by atoms with van der Waals surface area (Å²) in [5.74, 6) is 1.92. The van der Waals surface area contributed by atoms with Crippen molar-refractivity contribution in [1.29, 1.82) is 0 Å². The van der Waals surface area contributed by atoms with Crippen molar-refractivity contribution in [3.63, 3.8) is 0 Å². The third kappa shape index (κ3) is 3.48. The van der Waals surface area contributed by atoms with Gasteiger partial charge in [-0.2, -0.15) is 0 Å². The molecule has 2 N–H and O–H groups in total. The molecular formula is C26H26FN3O2. The number of fused-ring (bicyclic) bond motifs is 6. The van der Waals surface area contributed by atoms with Crippen LogP contribution >= 0.6 is 0 Å². The smallest absolute Gasteiger partial charge is 0.171 e. The highest BCUT2D eigenvalue weighted by Gasteiger charge is 2.25. The van der Waals surface area contributed by atoms with Crippen LogP contribution < -0.4 is 14.8 Å². The molecule has 3 heterocycles. The molecule has 0 saturated heterocycles. The van der Waals surface area contributed by atoms with Gasteiger partial charge in [0.05, 0.1) is 5.52 Å². The second-order valence-electron chi connectivity index (χ2n) is 9.00. The lowest BCUT2D eigenvalue weighted by atomic mass is 9.86. The van der Waals surface area contributed by atoms with Gasteiger partial charge < -0.3 is 19.8 Å². The van der Waals surface area contributed by atoms with E-state index in [4.69, 9.17) is 9.47 Å². The van der Waals surface area contributed by atoms with Crippen LogP contribution in [0, 0.1) is 18.7 Å². The predicted molar refractivity (Wildman–Crippen MR) is 123 cm³/mol. The van der Waals surface area contributed by atoms with Crippen LogP contribution in [0.4, 0.5) is 4.39 Å². The number of aromatic nitrogens is 2. The average molecular weight is 432 g/mol. The Kier molecular flexibility index (Phi) is 4.76. The lowest BCUT2D eigenvalue weighted by Crippen LogP contribution is -2.40. The third-order valence-corrected chi connectivity index (χ3v) is 6.69. The van der Waals surface area contributed by atoms with Crippen molar-refractivity contribution in [1.82, 2.24) is 15.3 Å². The fraction of sp³-hybridized carbons (Fsp3) is 0.346. The first-order valence-electron chi connectivity index (χ1n) is 11.3. The SMILES string of the molecule is Cc1ccc2c3c(ccc2n1)OCC(CNCC1CCc2[nH]c4ccc(F)cc4c2C1)O3. The van der Waals surface area contributed by atoms with Crippen LogP contribution in [0.25, 0.3) is 21.8 Å². The molecule has 2 atom stereocenters. The Bertz CT molecular complexity index is 1320. The molecule has 5 nitrogen and oxygen atoms in total. The Hall–Kier alpha value is -3.12. The molecule has 6 heteroatoms. The van der Waals surface area contributed by atoms with Crippen molar-refractivity contribution >= 4 is 21.8 Å². The lowest BCUT2D eigenvalue weighted by molar-refractivity contribution is 0.0915. The van der Waals surface area contributed by atoms with E-state index in [2.05, 4.69) is 21.4 Å². The maximum atomic E-state index is 13.8. The summed E-state index contributed by atoms with van der Waals surface area (Å²) in [5, 5.41) is 5.61. The standard InChI is InChI=1S/C26H26FN3O2/c1-15-2-5-19-22(29-15)8-9-25-26(19)32-18(14-31-25)13-28-12-16-3-6-23-20(10-16)21-11-17(27)4-7-24(21)30-23/h2,4-5,7-9,11,16,18,28,30H,3,6,10,12-14H2,1H3. The first-order valence-corrected chi connectivity index (χ1v) is 11.3. The number of halogens is 1. The minimum atomic E-state index is -0.174. The quantitative estimate of drug-likeness (QED) is 0.492. The van der Waals surface area contributed by atoms with E-state index in [1.165, 1.54) is 17.3 Å². The summed E-state index contributed by atoms with van der Waals surface area (Å²) in [5.41, 5.74) is 5.49. The number of ether oxygens (including phenoxy) is 2. The number of aromatic amines is 1. The molecule has 2 aromatic heterocycles. The van der Waals surface area contributed by atoms with Gasteiger partial charge in [0, 0.05) is 34.2 Å². The summed E-state index contributed by atoms with van der Waals surface area (Å²) in [4.78, 5) is 8.07. The Morgan fingerprint density at radius 2 is 2.06 bits per heavy atom. The monoisotopic (exact) mass is 431 g/mol. The molecule has 1 aliphatic heterocycles. The summed E-state index contributed by atoms with van der Waals surface area (Å²) in [7, 11) is 0. The van der Waals surface area contributed by atoms with Crippen LogP contribution in [0.3, 0.4) is 0 Å². The van der Waals surface area contributed by atoms with Crippen LogP contribution in [-0.4, -0.2) is 35.8 Å². The topological polar surface area (TPSA) is 59.2 Å². The Balaban J connectivity index is 1.10. The van der Waals surface area contributed by atoms with Crippen molar-refractivity contribution in [2.75, 3.05) is 19.7 Å². The molecule has 0 saturated carbocycles. The minimum absolute atomic E-state index is 0.0456. The van der Waals surface area contributed by atoms with Crippen molar-refractivity contribution in [3.8, 4) is 11.5 Å². The van der Waals surface area contributed by atoms with Crippen molar-refractivity contribution < 1.29 is 13.9 Å². The third-order valence-electron chi connectivity index (χ3n) is 6.69. The zero-order valence-corrected chi connectivity index (χ0v) is 18.1. The number of rotatable bonds is 4. The zero-order valence-electron chi connectivity index (χ0n) is 18.1. The van der Waals surface area contributed by atoms with Crippen molar-refractivity contribution in [3.05, 3.63) is 65.2 Å². The van der Waals surface area contributed by atoms with Crippen LogP contribution in [0.5, 0.6) is 11.5 Å². The molecule has 2 aromatic carbocycles. The van der Waals surface area contributed by atoms with E-state index in [0.717, 1.165) is 71.4 Å². The van der Waals surface area contributed by atoms with E-state index < -0.39 is 0 Å². The molecule has 2 unspecified atom stereocenters. The van der Waals surface area contributed by atoms with E-state index in [0.29, 0.717) is 12.5 Å².